The normalized spacial score (nSPS) is 19.8. The van der Waals surface area contributed by atoms with Gasteiger partial charge in [0.05, 0.1) is 11.6 Å². The third kappa shape index (κ3) is 3.29. The largest absolute Gasteiger partial charge is 0.381 e. The highest BCUT2D eigenvalue weighted by atomic mass is 35.5. The van der Waals surface area contributed by atoms with Crippen molar-refractivity contribution in [3.8, 4) is 0 Å². The fraction of sp³-hybridized carbons (Fsp3) is 0.600. The minimum atomic E-state index is -0.296. The molecule has 1 fully saturated rings. The van der Waals surface area contributed by atoms with E-state index in [1.54, 1.807) is 6.07 Å². The number of hydrogen-bond acceptors (Lipinski definition) is 3. The van der Waals surface area contributed by atoms with E-state index in [1.807, 2.05) is 26.1 Å². The lowest BCUT2D eigenvalue weighted by atomic mass is 9.82. The molecule has 112 valence electrons. The van der Waals surface area contributed by atoms with Crippen molar-refractivity contribution in [3.63, 3.8) is 0 Å². The summed E-state index contributed by atoms with van der Waals surface area (Å²) in [6.45, 7) is 4.09. The van der Waals surface area contributed by atoms with Gasteiger partial charge in [-0.2, -0.15) is 0 Å². The number of hydrogen-bond donors (Lipinski definition) is 1. The molecule has 0 aliphatic carbocycles. The molecule has 1 aromatic rings. The highest BCUT2D eigenvalue weighted by Crippen LogP contribution is 2.40. The van der Waals surface area contributed by atoms with E-state index < -0.39 is 0 Å². The summed E-state index contributed by atoms with van der Waals surface area (Å²) in [6.07, 6.45) is 1.68. The Balaban J connectivity index is 2.39. The third-order valence-corrected chi connectivity index (χ3v) is 4.43. The second kappa shape index (κ2) is 7.10. The van der Waals surface area contributed by atoms with Crippen LogP contribution in [-0.4, -0.2) is 32.5 Å². The van der Waals surface area contributed by atoms with Crippen molar-refractivity contribution < 1.29 is 9.47 Å². The number of halogens is 2. The van der Waals surface area contributed by atoms with E-state index in [1.165, 1.54) is 0 Å². The summed E-state index contributed by atoms with van der Waals surface area (Å²) in [6, 6.07) is 5.55. The molecular weight excluding hydrogens is 297 g/mol. The molecule has 0 radical (unpaired) electrons. The van der Waals surface area contributed by atoms with Gasteiger partial charge in [-0.15, -0.1) is 0 Å². The average Bonchev–Trinajstić information content (AvgIpc) is 2.45. The van der Waals surface area contributed by atoms with Crippen molar-refractivity contribution in [1.82, 2.24) is 5.32 Å². The quantitative estimate of drug-likeness (QED) is 0.895. The first-order chi connectivity index (χ1) is 9.63. The minimum absolute atomic E-state index is 0.00227. The number of ether oxygens (including phenoxy) is 2. The van der Waals surface area contributed by atoms with Crippen LogP contribution in [0.5, 0.6) is 0 Å². The van der Waals surface area contributed by atoms with Crippen LogP contribution >= 0.6 is 23.2 Å². The summed E-state index contributed by atoms with van der Waals surface area (Å²) in [4.78, 5) is 0. The molecule has 1 aliphatic rings. The zero-order valence-electron chi connectivity index (χ0n) is 11.9. The first-order valence-corrected chi connectivity index (χ1v) is 7.72. The van der Waals surface area contributed by atoms with Gasteiger partial charge >= 0.3 is 0 Å². The van der Waals surface area contributed by atoms with Crippen LogP contribution in [0.15, 0.2) is 18.2 Å². The third-order valence-electron chi connectivity index (χ3n) is 3.85. The van der Waals surface area contributed by atoms with Gasteiger partial charge in [-0.05, 0) is 37.7 Å². The van der Waals surface area contributed by atoms with Crippen LogP contribution in [0.3, 0.4) is 0 Å². The molecule has 5 heteroatoms. The summed E-state index contributed by atoms with van der Waals surface area (Å²) in [7, 11) is 1.93. The molecule has 1 saturated heterocycles. The summed E-state index contributed by atoms with van der Waals surface area (Å²) >= 11 is 12.5. The number of likely N-dealkylation sites (N-methyl/N-ethyl adjacent to an activating group) is 1. The fourth-order valence-corrected chi connectivity index (χ4v) is 3.37. The van der Waals surface area contributed by atoms with Crippen molar-refractivity contribution in [3.05, 3.63) is 33.8 Å². The van der Waals surface area contributed by atoms with E-state index in [0.29, 0.717) is 29.9 Å². The Hall–Kier alpha value is -0.320. The SMILES string of the molecule is CCOC1(C(NC)c2cc(Cl)ccc2Cl)CCOCC1. The molecule has 1 heterocycles. The first-order valence-electron chi connectivity index (χ1n) is 6.97. The topological polar surface area (TPSA) is 30.5 Å². The van der Waals surface area contributed by atoms with E-state index in [4.69, 9.17) is 32.7 Å². The number of benzene rings is 1. The van der Waals surface area contributed by atoms with Crippen LogP contribution in [0, 0.1) is 0 Å². The Morgan fingerprint density at radius 1 is 1.35 bits per heavy atom. The van der Waals surface area contributed by atoms with E-state index in [2.05, 4.69) is 5.32 Å². The lowest BCUT2D eigenvalue weighted by molar-refractivity contribution is -0.127. The van der Waals surface area contributed by atoms with Crippen LogP contribution < -0.4 is 5.32 Å². The van der Waals surface area contributed by atoms with Gasteiger partial charge in [0, 0.05) is 42.7 Å². The zero-order valence-corrected chi connectivity index (χ0v) is 13.4. The predicted molar refractivity (Wildman–Crippen MR) is 82.7 cm³/mol. The molecule has 20 heavy (non-hydrogen) atoms. The molecule has 0 aromatic heterocycles. The average molecular weight is 318 g/mol. The van der Waals surface area contributed by atoms with Crippen LogP contribution in [0.2, 0.25) is 10.0 Å². The molecule has 1 aromatic carbocycles. The van der Waals surface area contributed by atoms with Gasteiger partial charge in [-0.25, -0.2) is 0 Å². The molecule has 0 spiro atoms. The smallest absolute Gasteiger partial charge is 0.0920 e. The molecule has 1 unspecified atom stereocenters. The molecule has 0 bridgehead atoms. The van der Waals surface area contributed by atoms with Crippen LogP contribution in [0.25, 0.3) is 0 Å². The monoisotopic (exact) mass is 317 g/mol. The van der Waals surface area contributed by atoms with Gasteiger partial charge in [-0.1, -0.05) is 23.2 Å². The molecule has 0 saturated carbocycles. The van der Waals surface area contributed by atoms with E-state index >= 15 is 0 Å². The highest BCUT2D eigenvalue weighted by molar-refractivity contribution is 6.33. The van der Waals surface area contributed by atoms with Crippen molar-refractivity contribution in [2.24, 2.45) is 0 Å². The van der Waals surface area contributed by atoms with E-state index in [0.717, 1.165) is 18.4 Å². The molecule has 2 rings (SSSR count). The van der Waals surface area contributed by atoms with E-state index in [-0.39, 0.29) is 11.6 Å². The van der Waals surface area contributed by atoms with Gasteiger partial charge in [0.2, 0.25) is 0 Å². The Labute approximate surface area is 130 Å². The summed E-state index contributed by atoms with van der Waals surface area (Å²) in [5, 5.41) is 4.75. The molecule has 1 N–H and O–H groups in total. The second-order valence-electron chi connectivity index (χ2n) is 5.00. The van der Waals surface area contributed by atoms with Gasteiger partial charge in [0.25, 0.3) is 0 Å². The number of rotatable bonds is 5. The van der Waals surface area contributed by atoms with Crippen molar-refractivity contribution in [1.29, 1.82) is 0 Å². The summed E-state index contributed by atoms with van der Waals surface area (Å²) in [5.74, 6) is 0. The maximum atomic E-state index is 6.37. The second-order valence-corrected chi connectivity index (χ2v) is 5.84. The van der Waals surface area contributed by atoms with Gasteiger partial charge in [0.1, 0.15) is 0 Å². The van der Waals surface area contributed by atoms with E-state index in [9.17, 15) is 0 Å². The molecular formula is C15H21Cl2NO2. The lowest BCUT2D eigenvalue weighted by Gasteiger charge is -2.43. The van der Waals surface area contributed by atoms with Crippen LogP contribution in [0.1, 0.15) is 31.4 Å². The Morgan fingerprint density at radius 3 is 2.65 bits per heavy atom. The van der Waals surface area contributed by atoms with Crippen molar-refractivity contribution in [2.75, 3.05) is 26.9 Å². The maximum Gasteiger partial charge on any atom is 0.0920 e. The lowest BCUT2D eigenvalue weighted by Crippen LogP contribution is -2.49. The van der Waals surface area contributed by atoms with Gasteiger partial charge < -0.3 is 14.8 Å². The fourth-order valence-electron chi connectivity index (χ4n) is 2.96. The van der Waals surface area contributed by atoms with Gasteiger partial charge in [-0.3, -0.25) is 0 Å². The Bertz CT molecular complexity index is 442. The van der Waals surface area contributed by atoms with Crippen LogP contribution in [-0.2, 0) is 9.47 Å². The first kappa shape index (κ1) is 16.1. The predicted octanol–water partition coefficient (Wildman–Crippen LogP) is 3.84. The molecule has 0 amide bonds. The minimum Gasteiger partial charge on any atom is -0.381 e. The maximum absolute atomic E-state index is 6.37. The van der Waals surface area contributed by atoms with Crippen molar-refractivity contribution in [2.45, 2.75) is 31.4 Å². The highest BCUT2D eigenvalue weighted by Gasteiger charge is 2.42. The molecule has 1 aliphatic heterocycles. The summed E-state index contributed by atoms with van der Waals surface area (Å²) < 4.78 is 11.6. The Kier molecular flexibility index (Phi) is 5.70. The standard InChI is InChI=1S/C15H21Cl2NO2/c1-3-20-15(6-8-19-9-7-15)14(18-2)12-10-11(16)4-5-13(12)17/h4-5,10,14,18H,3,6-9H2,1-2H3. The van der Waals surface area contributed by atoms with Gasteiger partial charge in [0.15, 0.2) is 0 Å². The number of nitrogens with one attached hydrogen (secondary N) is 1. The summed E-state index contributed by atoms with van der Waals surface area (Å²) in [5.41, 5.74) is 0.688. The van der Waals surface area contributed by atoms with Crippen molar-refractivity contribution >= 4 is 23.2 Å². The molecule has 3 nitrogen and oxygen atoms in total. The molecule has 1 atom stereocenters. The Morgan fingerprint density at radius 2 is 2.05 bits per heavy atom. The van der Waals surface area contributed by atoms with Crippen LogP contribution in [0.4, 0.5) is 0 Å². The zero-order chi connectivity index (χ0) is 14.6.